The minimum Gasteiger partial charge on any atom is -0.507 e. The molecule has 2 aliphatic carbocycles. The van der Waals surface area contributed by atoms with E-state index in [0.29, 0.717) is 11.6 Å². The molecule has 0 unspecified atom stereocenters. The largest absolute Gasteiger partial charge is 0.507 e. The Kier molecular flexibility index (Phi) is 2.77. The molecule has 0 spiro atoms. The van der Waals surface area contributed by atoms with Crippen LogP contribution in [0.5, 0.6) is 5.75 Å². The molecule has 0 aliphatic heterocycles. The molecule has 0 bridgehead atoms. The van der Waals surface area contributed by atoms with E-state index in [1.165, 1.54) is 32.6 Å². The summed E-state index contributed by atoms with van der Waals surface area (Å²) in [6, 6.07) is 6.11. The van der Waals surface area contributed by atoms with E-state index >= 15 is 0 Å². The van der Waals surface area contributed by atoms with Crippen molar-refractivity contribution < 1.29 is 9.90 Å². The molecule has 2 saturated carbocycles. The maximum Gasteiger partial charge on any atom is 0.163 e. The topological polar surface area (TPSA) is 40.5 Å². The van der Waals surface area contributed by atoms with Gasteiger partial charge in [0.1, 0.15) is 5.75 Å². The second kappa shape index (κ2) is 4.30. The van der Waals surface area contributed by atoms with E-state index in [1.54, 1.807) is 12.1 Å². The lowest BCUT2D eigenvalue weighted by molar-refractivity contribution is 0.101. The maximum atomic E-state index is 11.3. The molecule has 3 heteroatoms. The zero-order valence-electron chi connectivity index (χ0n) is 10.7. The van der Waals surface area contributed by atoms with Crippen LogP contribution < -0.4 is 4.90 Å². The summed E-state index contributed by atoms with van der Waals surface area (Å²) in [6.07, 6.45) is 5.17. The molecule has 1 aromatic rings. The summed E-state index contributed by atoms with van der Waals surface area (Å²) in [7, 11) is 0. The van der Waals surface area contributed by atoms with Crippen molar-refractivity contribution in [2.75, 3.05) is 11.4 Å². The van der Waals surface area contributed by atoms with Crippen LogP contribution in [-0.4, -0.2) is 23.5 Å². The third-order valence-electron chi connectivity index (χ3n) is 3.83. The number of benzene rings is 1. The summed E-state index contributed by atoms with van der Waals surface area (Å²) in [5, 5.41) is 9.92. The van der Waals surface area contributed by atoms with Crippen LogP contribution in [0.25, 0.3) is 0 Å². The van der Waals surface area contributed by atoms with Gasteiger partial charge in [0.25, 0.3) is 0 Å². The Bertz CT molecular complexity index is 475. The van der Waals surface area contributed by atoms with Gasteiger partial charge in [-0.2, -0.15) is 0 Å². The van der Waals surface area contributed by atoms with Crippen molar-refractivity contribution in [2.24, 2.45) is 5.92 Å². The highest BCUT2D eigenvalue weighted by Gasteiger charge is 2.34. The van der Waals surface area contributed by atoms with Gasteiger partial charge in [-0.15, -0.1) is 0 Å². The molecular formula is C15H19NO2. The minimum atomic E-state index is -0.0841. The van der Waals surface area contributed by atoms with Crippen LogP contribution in [0.2, 0.25) is 0 Å². The molecule has 0 radical (unpaired) electrons. The van der Waals surface area contributed by atoms with Gasteiger partial charge in [0.2, 0.25) is 0 Å². The molecule has 3 rings (SSSR count). The molecule has 18 heavy (non-hydrogen) atoms. The van der Waals surface area contributed by atoms with Crippen LogP contribution in [0.15, 0.2) is 18.2 Å². The first kappa shape index (κ1) is 11.6. The van der Waals surface area contributed by atoms with Crippen molar-refractivity contribution in [2.45, 2.75) is 38.6 Å². The van der Waals surface area contributed by atoms with Gasteiger partial charge in [-0.3, -0.25) is 4.79 Å². The molecule has 0 amide bonds. The molecule has 96 valence electrons. The van der Waals surface area contributed by atoms with Gasteiger partial charge in [0.05, 0.1) is 5.56 Å². The molecule has 0 atom stereocenters. The number of phenols is 1. The van der Waals surface area contributed by atoms with Crippen LogP contribution in [0.1, 0.15) is 43.0 Å². The van der Waals surface area contributed by atoms with Crippen molar-refractivity contribution in [3.05, 3.63) is 23.8 Å². The highest BCUT2D eigenvalue weighted by atomic mass is 16.3. The Morgan fingerprint density at radius 1 is 1.33 bits per heavy atom. The molecule has 0 heterocycles. The molecule has 1 N–H and O–H groups in total. The second-order valence-electron chi connectivity index (χ2n) is 5.58. The van der Waals surface area contributed by atoms with Crippen molar-refractivity contribution in [1.82, 2.24) is 0 Å². The van der Waals surface area contributed by atoms with Crippen molar-refractivity contribution in [3.8, 4) is 5.75 Å². The van der Waals surface area contributed by atoms with Gasteiger partial charge in [-0.05, 0) is 50.7 Å². The first-order valence-corrected chi connectivity index (χ1v) is 6.76. The number of hydrogen-bond acceptors (Lipinski definition) is 3. The van der Waals surface area contributed by atoms with E-state index in [4.69, 9.17) is 0 Å². The number of hydrogen-bond donors (Lipinski definition) is 1. The number of anilines is 1. The number of carbonyl (C=O) groups excluding carboxylic acids is 1. The third kappa shape index (κ3) is 2.35. The van der Waals surface area contributed by atoms with Crippen molar-refractivity contribution in [1.29, 1.82) is 0 Å². The van der Waals surface area contributed by atoms with Crippen molar-refractivity contribution in [3.63, 3.8) is 0 Å². The first-order chi connectivity index (χ1) is 8.65. The summed E-state index contributed by atoms with van der Waals surface area (Å²) in [5.74, 6) is 0.862. The average molecular weight is 245 g/mol. The monoisotopic (exact) mass is 245 g/mol. The number of nitrogens with zero attached hydrogens (tertiary/aromatic N) is 1. The Balaban J connectivity index is 1.84. The lowest BCUT2D eigenvalue weighted by Crippen LogP contribution is -2.27. The fraction of sp³-hybridized carbons (Fsp3) is 0.533. The standard InChI is InChI=1S/C15H19NO2/c1-10(17)14-7-6-13(8-15(14)18)16(12-4-5-12)9-11-2-3-11/h6-8,11-12,18H,2-5,9H2,1H3. The van der Waals surface area contributed by atoms with Gasteiger partial charge in [-0.25, -0.2) is 0 Å². The summed E-state index contributed by atoms with van der Waals surface area (Å²) in [5.41, 5.74) is 1.48. The number of phenolic OH excluding ortho intramolecular Hbond substituents is 1. The Labute approximate surface area is 107 Å². The van der Waals surface area contributed by atoms with E-state index in [0.717, 1.165) is 18.2 Å². The molecule has 2 aliphatic rings. The normalized spacial score (nSPS) is 18.7. The molecule has 3 nitrogen and oxygen atoms in total. The van der Waals surface area contributed by atoms with Crippen LogP contribution >= 0.6 is 0 Å². The van der Waals surface area contributed by atoms with Crippen molar-refractivity contribution >= 4 is 11.5 Å². The van der Waals surface area contributed by atoms with E-state index in [2.05, 4.69) is 4.90 Å². The molecule has 0 saturated heterocycles. The molecule has 2 fully saturated rings. The maximum absolute atomic E-state index is 11.3. The second-order valence-corrected chi connectivity index (χ2v) is 5.58. The van der Waals surface area contributed by atoms with Gasteiger partial charge in [0, 0.05) is 24.3 Å². The summed E-state index contributed by atoms with van der Waals surface area (Å²) in [6.45, 7) is 2.58. The number of rotatable bonds is 5. The van der Waals surface area contributed by atoms with E-state index in [9.17, 15) is 9.90 Å². The van der Waals surface area contributed by atoms with Crippen LogP contribution in [0.3, 0.4) is 0 Å². The average Bonchev–Trinajstić information content (AvgIpc) is 3.18. The van der Waals surface area contributed by atoms with Gasteiger partial charge in [-0.1, -0.05) is 0 Å². The minimum absolute atomic E-state index is 0.0841. The third-order valence-corrected chi connectivity index (χ3v) is 3.83. The van der Waals surface area contributed by atoms with Gasteiger partial charge >= 0.3 is 0 Å². The summed E-state index contributed by atoms with van der Waals surface area (Å²) < 4.78 is 0. The highest BCUT2D eigenvalue weighted by molar-refractivity contribution is 5.97. The Morgan fingerprint density at radius 3 is 2.56 bits per heavy atom. The summed E-state index contributed by atoms with van der Waals surface area (Å²) in [4.78, 5) is 13.7. The number of Topliss-reactive ketones (excluding diaryl/α,β-unsaturated/α-hetero) is 1. The lowest BCUT2D eigenvalue weighted by atomic mass is 10.1. The van der Waals surface area contributed by atoms with Crippen LogP contribution in [0.4, 0.5) is 5.69 Å². The SMILES string of the molecule is CC(=O)c1ccc(N(CC2CC2)C2CC2)cc1O. The van der Waals surface area contributed by atoms with E-state index in [-0.39, 0.29) is 11.5 Å². The predicted molar refractivity (Wildman–Crippen MR) is 71.2 cm³/mol. The number of ketones is 1. The van der Waals surface area contributed by atoms with E-state index in [1.807, 2.05) is 6.07 Å². The molecule has 0 aromatic heterocycles. The fourth-order valence-electron chi connectivity index (χ4n) is 2.43. The predicted octanol–water partition coefficient (Wildman–Crippen LogP) is 2.97. The van der Waals surface area contributed by atoms with Gasteiger partial charge < -0.3 is 10.0 Å². The molecular weight excluding hydrogens is 226 g/mol. The first-order valence-electron chi connectivity index (χ1n) is 6.76. The lowest BCUT2D eigenvalue weighted by Gasteiger charge is -2.25. The smallest absolute Gasteiger partial charge is 0.163 e. The Hall–Kier alpha value is -1.51. The number of aromatic hydroxyl groups is 1. The van der Waals surface area contributed by atoms with Crippen LogP contribution in [-0.2, 0) is 0 Å². The Morgan fingerprint density at radius 2 is 2.06 bits per heavy atom. The highest BCUT2D eigenvalue weighted by Crippen LogP contribution is 2.38. The molecule has 1 aromatic carbocycles. The quantitative estimate of drug-likeness (QED) is 0.811. The zero-order chi connectivity index (χ0) is 12.7. The van der Waals surface area contributed by atoms with E-state index < -0.39 is 0 Å². The van der Waals surface area contributed by atoms with Gasteiger partial charge in [0.15, 0.2) is 5.78 Å². The zero-order valence-corrected chi connectivity index (χ0v) is 10.7. The number of carbonyl (C=O) groups is 1. The van der Waals surface area contributed by atoms with Crippen LogP contribution in [0, 0.1) is 5.92 Å². The summed E-state index contributed by atoms with van der Waals surface area (Å²) >= 11 is 0. The fourth-order valence-corrected chi connectivity index (χ4v) is 2.43.